The molecule has 3 unspecified atom stereocenters. The Hall–Kier alpha value is -1.39. The van der Waals surface area contributed by atoms with Crippen molar-refractivity contribution in [3.05, 3.63) is 35.4 Å². The van der Waals surface area contributed by atoms with Gasteiger partial charge in [-0.05, 0) is 25.3 Å². The van der Waals surface area contributed by atoms with Gasteiger partial charge in [-0.2, -0.15) is 0 Å². The average molecular weight is 234 g/mol. The number of fused-ring (bicyclic) bond motifs is 1. The second kappa shape index (κ2) is 4.13. The van der Waals surface area contributed by atoms with Gasteiger partial charge in [0, 0.05) is 5.56 Å². The molecule has 4 heteroatoms. The first-order valence-corrected chi connectivity index (χ1v) is 5.89. The topological polar surface area (TPSA) is 55.8 Å². The number of aliphatic hydroxyl groups excluding tert-OH is 1. The molecule has 1 saturated carbocycles. The molecule has 4 nitrogen and oxygen atoms in total. The van der Waals surface area contributed by atoms with E-state index >= 15 is 0 Å². The number of rotatable bonds is 2. The first-order valence-electron chi connectivity index (χ1n) is 5.89. The molecular weight excluding hydrogens is 220 g/mol. The molecule has 1 aliphatic carbocycles. The van der Waals surface area contributed by atoms with E-state index < -0.39 is 12.4 Å². The second-order valence-corrected chi connectivity index (χ2v) is 4.50. The van der Waals surface area contributed by atoms with Gasteiger partial charge >= 0.3 is 5.97 Å². The van der Waals surface area contributed by atoms with E-state index in [-0.39, 0.29) is 12.1 Å². The number of aliphatic hydroxyl groups is 1. The quantitative estimate of drug-likeness (QED) is 0.792. The lowest BCUT2D eigenvalue weighted by molar-refractivity contribution is -0.157. The Labute approximate surface area is 99.2 Å². The predicted octanol–water partition coefficient (Wildman–Crippen LogP) is 1.79. The lowest BCUT2D eigenvalue weighted by atomic mass is 10.1. The maximum Gasteiger partial charge on any atom is 0.341 e. The third-order valence-corrected chi connectivity index (χ3v) is 3.36. The van der Waals surface area contributed by atoms with Crippen molar-refractivity contribution in [1.29, 1.82) is 0 Å². The summed E-state index contributed by atoms with van der Waals surface area (Å²) in [7, 11) is 0. The lowest BCUT2D eigenvalue weighted by Crippen LogP contribution is -2.25. The summed E-state index contributed by atoms with van der Waals surface area (Å²) in [5.41, 5.74) is 1.32. The molecule has 0 spiro atoms. The molecule has 2 aliphatic rings. The number of hydrogen-bond donors (Lipinski definition) is 1. The zero-order valence-electron chi connectivity index (χ0n) is 9.33. The number of esters is 1. The average Bonchev–Trinajstić information content (AvgIpc) is 2.87. The van der Waals surface area contributed by atoms with Gasteiger partial charge in [-0.3, -0.25) is 0 Å². The smallest absolute Gasteiger partial charge is 0.341 e. The van der Waals surface area contributed by atoms with Gasteiger partial charge in [0.25, 0.3) is 0 Å². The summed E-state index contributed by atoms with van der Waals surface area (Å²) in [6.07, 6.45) is 1.20. The third-order valence-electron chi connectivity index (χ3n) is 3.36. The Balaban J connectivity index is 1.80. The van der Waals surface area contributed by atoms with Gasteiger partial charge in [0.2, 0.25) is 6.29 Å². The molecule has 1 N–H and O–H groups in total. The summed E-state index contributed by atoms with van der Waals surface area (Å²) in [5, 5.41) is 9.70. The largest absolute Gasteiger partial charge is 0.428 e. The van der Waals surface area contributed by atoms with E-state index in [1.54, 1.807) is 12.1 Å². The van der Waals surface area contributed by atoms with Gasteiger partial charge in [-0.1, -0.05) is 18.2 Å². The van der Waals surface area contributed by atoms with E-state index in [4.69, 9.17) is 9.47 Å². The Morgan fingerprint density at radius 3 is 2.88 bits per heavy atom. The molecule has 1 aliphatic heterocycles. The molecule has 3 rings (SSSR count). The third kappa shape index (κ3) is 1.83. The summed E-state index contributed by atoms with van der Waals surface area (Å²) in [6.45, 7) is 0. The molecule has 0 amide bonds. The van der Waals surface area contributed by atoms with Crippen LogP contribution < -0.4 is 0 Å². The van der Waals surface area contributed by atoms with E-state index in [0.29, 0.717) is 5.56 Å². The van der Waals surface area contributed by atoms with Gasteiger partial charge in [-0.25, -0.2) is 4.79 Å². The van der Waals surface area contributed by atoms with Crippen molar-refractivity contribution >= 4 is 5.97 Å². The van der Waals surface area contributed by atoms with Crippen LogP contribution in [-0.2, 0) is 9.47 Å². The molecule has 0 bridgehead atoms. The SMILES string of the molecule is O=C1OC(OC2CCCC2O)c2ccccc21. The van der Waals surface area contributed by atoms with Gasteiger partial charge < -0.3 is 14.6 Å². The van der Waals surface area contributed by atoms with Crippen molar-refractivity contribution in [3.8, 4) is 0 Å². The molecule has 17 heavy (non-hydrogen) atoms. The Morgan fingerprint density at radius 1 is 1.29 bits per heavy atom. The Morgan fingerprint density at radius 2 is 2.12 bits per heavy atom. The zero-order chi connectivity index (χ0) is 11.8. The van der Waals surface area contributed by atoms with E-state index in [9.17, 15) is 9.90 Å². The van der Waals surface area contributed by atoms with Crippen molar-refractivity contribution < 1.29 is 19.4 Å². The second-order valence-electron chi connectivity index (χ2n) is 4.50. The number of ether oxygens (including phenoxy) is 2. The van der Waals surface area contributed by atoms with Crippen LogP contribution in [0.2, 0.25) is 0 Å². The van der Waals surface area contributed by atoms with E-state index in [1.807, 2.05) is 12.1 Å². The lowest BCUT2D eigenvalue weighted by Gasteiger charge is -2.20. The van der Waals surface area contributed by atoms with E-state index in [1.165, 1.54) is 0 Å². The van der Waals surface area contributed by atoms with Crippen LogP contribution in [0.25, 0.3) is 0 Å². The number of benzene rings is 1. The molecule has 1 aromatic carbocycles. The van der Waals surface area contributed by atoms with Crippen LogP contribution in [0.5, 0.6) is 0 Å². The number of carbonyl (C=O) groups excluding carboxylic acids is 1. The van der Waals surface area contributed by atoms with E-state index in [2.05, 4.69) is 0 Å². The molecule has 1 aromatic rings. The van der Waals surface area contributed by atoms with Crippen molar-refractivity contribution in [2.24, 2.45) is 0 Å². The van der Waals surface area contributed by atoms with Crippen LogP contribution in [0, 0.1) is 0 Å². The first kappa shape index (κ1) is 10.7. The van der Waals surface area contributed by atoms with E-state index in [0.717, 1.165) is 24.8 Å². The predicted molar refractivity (Wildman–Crippen MR) is 59.3 cm³/mol. The molecule has 0 saturated heterocycles. The molecule has 0 aromatic heterocycles. The fraction of sp³-hybridized carbons (Fsp3) is 0.462. The molecule has 1 fully saturated rings. The highest BCUT2D eigenvalue weighted by atomic mass is 16.7. The van der Waals surface area contributed by atoms with Gasteiger partial charge in [0.15, 0.2) is 0 Å². The standard InChI is InChI=1S/C13H14O4/c14-10-6-3-7-11(10)16-13-9-5-2-1-4-8(9)12(15)17-13/h1-2,4-5,10-11,13-14H,3,6-7H2. The summed E-state index contributed by atoms with van der Waals surface area (Å²) in [4.78, 5) is 11.6. The Kier molecular flexibility index (Phi) is 2.61. The van der Waals surface area contributed by atoms with Crippen molar-refractivity contribution in [2.75, 3.05) is 0 Å². The van der Waals surface area contributed by atoms with Gasteiger partial charge in [-0.15, -0.1) is 0 Å². The number of hydrogen-bond acceptors (Lipinski definition) is 4. The van der Waals surface area contributed by atoms with Crippen LogP contribution in [0.4, 0.5) is 0 Å². The normalized spacial score (nSPS) is 31.4. The van der Waals surface area contributed by atoms with Crippen LogP contribution >= 0.6 is 0 Å². The summed E-state index contributed by atoms with van der Waals surface area (Å²) in [5.74, 6) is -0.349. The zero-order valence-corrected chi connectivity index (χ0v) is 9.33. The number of carbonyl (C=O) groups is 1. The molecule has 90 valence electrons. The highest BCUT2D eigenvalue weighted by Gasteiger charge is 2.36. The van der Waals surface area contributed by atoms with Crippen LogP contribution in [-0.4, -0.2) is 23.3 Å². The van der Waals surface area contributed by atoms with Crippen LogP contribution in [0.1, 0.15) is 41.5 Å². The molecule has 1 heterocycles. The van der Waals surface area contributed by atoms with Gasteiger partial charge in [0.1, 0.15) is 0 Å². The van der Waals surface area contributed by atoms with Crippen LogP contribution in [0.15, 0.2) is 24.3 Å². The maximum atomic E-state index is 11.6. The summed E-state index contributed by atoms with van der Waals surface area (Å²) in [6, 6.07) is 7.20. The highest BCUT2D eigenvalue weighted by Crippen LogP contribution is 2.35. The van der Waals surface area contributed by atoms with Crippen molar-refractivity contribution in [1.82, 2.24) is 0 Å². The fourth-order valence-corrected chi connectivity index (χ4v) is 2.44. The van der Waals surface area contributed by atoms with Crippen molar-refractivity contribution in [3.63, 3.8) is 0 Å². The van der Waals surface area contributed by atoms with Crippen molar-refractivity contribution in [2.45, 2.75) is 37.8 Å². The molecular formula is C13H14O4. The minimum Gasteiger partial charge on any atom is -0.428 e. The monoisotopic (exact) mass is 234 g/mol. The highest BCUT2D eigenvalue weighted by molar-refractivity contribution is 5.93. The first-order chi connectivity index (χ1) is 8.25. The molecule has 0 radical (unpaired) electrons. The fourth-order valence-electron chi connectivity index (χ4n) is 2.44. The Bertz CT molecular complexity index is 443. The molecule has 3 atom stereocenters. The summed E-state index contributed by atoms with van der Waals surface area (Å²) < 4.78 is 10.9. The minimum atomic E-state index is -0.656. The number of cyclic esters (lactones) is 1. The van der Waals surface area contributed by atoms with Gasteiger partial charge in [0.05, 0.1) is 17.8 Å². The van der Waals surface area contributed by atoms with Crippen LogP contribution in [0.3, 0.4) is 0 Å². The maximum absolute atomic E-state index is 11.6. The summed E-state index contributed by atoms with van der Waals surface area (Å²) >= 11 is 0. The minimum absolute atomic E-state index is 0.223.